The van der Waals surface area contributed by atoms with Crippen LogP contribution >= 0.6 is 0 Å². The monoisotopic (exact) mass is 243 g/mol. The smallest absolute Gasteiger partial charge is 0.132 e. The second-order valence-corrected chi connectivity index (χ2v) is 5.57. The largest absolute Gasteiger partial charge is 0.383 e. The number of rotatable bonds is 2. The van der Waals surface area contributed by atoms with Crippen LogP contribution in [0, 0.1) is 0 Å². The van der Waals surface area contributed by atoms with Crippen LogP contribution < -0.4 is 5.73 Å². The summed E-state index contributed by atoms with van der Waals surface area (Å²) in [5.41, 5.74) is 9.42. The van der Waals surface area contributed by atoms with Crippen LogP contribution in [0.3, 0.4) is 0 Å². The molecule has 0 radical (unpaired) electrons. The van der Waals surface area contributed by atoms with Crippen molar-refractivity contribution >= 4 is 5.82 Å². The van der Waals surface area contributed by atoms with E-state index in [2.05, 4.69) is 56.9 Å². The second kappa shape index (κ2) is 4.48. The maximum absolute atomic E-state index is 6.19. The first-order chi connectivity index (χ1) is 8.43. The minimum absolute atomic E-state index is 0.0430. The number of nitrogens with zero attached hydrogens (tertiary/aromatic N) is 2. The summed E-state index contributed by atoms with van der Waals surface area (Å²) in [7, 11) is 0. The Morgan fingerprint density at radius 2 is 1.78 bits per heavy atom. The van der Waals surface area contributed by atoms with Crippen molar-refractivity contribution in [2.24, 2.45) is 0 Å². The molecule has 0 aliphatic carbocycles. The van der Waals surface area contributed by atoms with Crippen molar-refractivity contribution in [2.45, 2.75) is 39.7 Å². The van der Waals surface area contributed by atoms with Crippen molar-refractivity contribution in [1.29, 1.82) is 0 Å². The average molecular weight is 243 g/mol. The van der Waals surface area contributed by atoms with E-state index in [1.165, 1.54) is 5.56 Å². The van der Waals surface area contributed by atoms with Crippen LogP contribution in [0.2, 0.25) is 0 Å². The lowest BCUT2D eigenvalue weighted by Crippen LogP contribution is -2.22. The van der Waals surface area contributed by atoms with Crippen molar-refractivity contribution in [3.63, 3.8) is 0 Å². The summed E-state index contributed by atoms with van der Waals surface area (Å²) in [4.78, 5) is 4.45. The van der Waals surface area contributed by atoms with E-state index >= 15 is 0 Å². The number of hydrogen-bond donors (Lipinski definition) is 1. The van der Waals surface area contributed by atoms with E-state index in [1.54, 1.807) is 0 Å². The normalized spacial score (nSPS) is 11.8. The van der Waals surface area contributed by atoms with Crippen molar-refractivity contribution < 1.29 is 0 Å². The van der Waals surface area contributed by atoms with Crippen LogP contribution in [0.5, 0.6) is 0 Å². The maximum atomic E-state index is 6.19. The average Bonchev–Trinajstić information content (AvgIpc) is 2.71. The molecular weight excluding hydrogens is 222 g/mol. The third kappa shape index (κ3) is 2.26. The van der Waals surface area contributed by atoms with Gasteiger partial charge in [-0.05, 0) is 32.8 Å². The van der Waals surface area contributed by atoms with Gasteiger partial charge in [-0.15, -0.1) is 0 Å². The summed E-state index contributed by atoms with van der Waals surface area (Å²) in [6.45, 7) is 8.51. The molecule has 2 aromatic rings. The topological polar surface area (TPSA) is 43.8 Å². The van der Waals surface area contributed by atoms with E-state index in [0.717, 1.165) is 23.5 Å². The lowest BCUT2D eigenvalue weighted by Gasteiger charge is -2.22. The Morgan fingerprint density at radius 1 is 1.17 bits per heavy atom. The highest BCUT2D eigenvalue weighted by molar-refractivity contribution is 5.70. The minimum atomic E-state index is -0.0430. The van der Waals surface area contributed by atoms with Gasteiger partial charge in [0.15, 0.2) is 0 Å². The third-order valence-electron chi connectivity index (χ3n) is 3.16. The number of aryl methyl sites for hydroxylation is 1. The molecule has 0 spiro atoms. The van der Waals surface area contributed by atoms with Crippen LogP contribution in [0.25, 0.3) is 11.3 Å². The Kier molecular flexibility index (Phi) is 3.16. The Morgan fingerprint density at radius 3 is 2.22 bits per heavy atom. The molecule has 96 valence electrons. The Labute approximate surface area is 109 Å². The fourth-order valence-electron chi connectivity index (χ4n) is 2.01. The molecule has 18 heavy (non-hydrogen) atoms. The highest BCUT2D eigenvalue weighted by atomic mass is 15.2. The lowest BCUT2D eigenvalue weighted by atomic mass is 10.1. The standard InChI is InChI=1S/C15H21N3/c1-5-11-6-8-12(9-7-11)13-14(16)18(10-17-13)15(2,3)4/h6-10H,5,16H2,1-4H3. The molecule has 3 heteroatoms. The van der Waals surface area contributed by atoms with Crippen molar-refractivity contribution in [2.75, 3.05) is 5.73 Å². The molecule has 1 aromatic carbocycles. The quantitative estimate of drug-likeness (QED) is 0.878. The second-order valence-electron chi connectivity index (χ2n) is 5.57. The van der Waals surface area contributed by atoms with Gasteiger partial charge in [0.1, 0.15) is 11.5 Å². The molecule has 0 aliphatic heterocycles. The number of anilines is 1. The van der Waals surface area contributed by atoms with E-state index in [9.17, 15) is 0 Å². The van der Waals surface area contributed by atoms with Gasteiger partial charge >= 0.3 is 0 Å². The minimum Gasteiger partial charge on any atom is -0.383 e. The van der Waals surface area contributed by atoms with Gasteiger partial charge in [-0.1, -0.05) is 31.2 Å². The fourth-order valence-corrected chi connectivity index (χ4v) is 2.01. The van der Waals surface area contributed by atoms with Gasteiger partial charge in [0.05, 0.1) is 6.33 Å². The zero-order valence-electron chi connectivity index (χ0n) is 11.6. The maximum Gasteiger partial charge on any atom is 0.132 e. The fraction of sp³-hybridized carbons (Fsp3) is 0.400. The predicted molar refractivity (Wildman–Crippen MR) is 76.4 cm³/mol. The molecule has 2 rings (SSSR count). The summed E-state index contributed by atoms with van der Waals surface area (Å²) in [5, 5.41) is 0. The molecule has 0 aliphatic rings. The van der Waals surface area contributed by atoms with Crippen molar-refractivity contribution in [3.05, 3.63) is 36.2 Å². The van der Waals surface area contributed by atoms with Gasteiger partial charge in [0.2, 0.25) is 0 Å². The third-order valence-corrected chi connectivity index (χ3v) is 3.16. The van der Waals surface area contributed by atoms with Crippen LogP contribution in [-0.4, -0.2) is 9.55 Å². The number of aromatic nitrogens is 2. The predicted octanol–water partition coefficient (Wildman–Crippen LogP) is 3.45. The van der Waals surface area contributed by atoms with Gasteiger partial charge in [0.25, 0.3) is 0 Å². The van der Waals surface area contributed by atoms with Crippen LogP contribution in [-0.2, 0) is 12.0 Å². The van der Waals surface area contributed by atoms with Crippen molar-refractivity contribution in [1.82, 2.24) is 9.55 Å². The van der Waals surface area contributed by atoms with Gasteiger partial charge in [-0.2, -0.15) is 0 Å². The van der Waals surface area contributed by atoms with Gasteiger partial charge in [-0.3, -0.25) is 0 Å². The molecule has 1 heterocycles. The highest BCUT2D eigenvalue weighted by Crippen LogP contribution is 2.28. The van der Waals surface area contributed by atoms with E-state index in [4.69, 9.17) is 5.73 Å². The molecule has 0 saturated heterocycles. The Balaban J connectivity index is 2.42. The Bertz CT molecular complexity index is 530. The number of nitrogen functional groups attached to an aromatic ring is 1. The van der Waals surface area contributed by atoms with Gasteiger partial charge in [0, 0.05) is 11.1 Å². The summed E-state index contributed by atoms with van der Waals surface area (Å²) >= 11 is 0. The molecule has 0 saturated carbocycles. The molecule has 3 nitrogen and oxygen atoms in total. The highest BCUT2D eigenvalue weighted by Gasteiger charge is 2.19. The van der Waals surface area contributed by atoms with Crippen LogP contribution in [0.1, 0.15) is 33.3 Å². The van der Waals surface area contributed by atoms with Crippen LogP contribution in [0.15, 0.2) is 30.6 Å². The van der Waals surface area contributed by atoms with E-state index in [1.807, 2.05) is 10.9 Å². The van der Waals surface area contributed by atoms with Gasteiger partial charge < -0.3 is 10.3 Å². The molecule has 0 fully saturated rings. The molecule has 0 bridgehead atoms. The molecule has 2 N–H and O–H groups in total. The molecule has 0 amide bonds. The first-order valence-electron chi connectivity index (χ1n) is 6.36. The first-order valence-corrected chi connectivity index (χ1v) is 6.36. The SMILES string of the molecule is CCc1ccc(-c2ncn(C(C)(C)C)c2N)cc1. The number of imidazole rings is 1. The summed E-state index contributed by atoms with van der Waals surface area (Å²) in [5.74, 6) is 0.728. The zero-order chi connectivity index (χ0) is 13.3. The summed E-state index contributed by atoms with van der Waals surface area (Å²) in [6, 6.07) is 8.44. The lowest BCUT2D eigenvalue weighted by molar-refractivity contribution is 0.402. The van der Waals surface area contributed by atoms with Crippen LogP contribution in [0.4, 0.5) is 5.82 Å². The van der Waals surface area contributed by atoms with Gasteiger partial charge in [-0.25, -0.2) is 4.98 Å². The number of hydrogen-bond acceptors (Lipinski definition) is 2. The summed E-state index contributed by atoms with van der Waals surface area (Å²) in [6.07, 6.45) is 2.87. The van der Waals surface area contributed by atoms with E-state index in [0.29, 0.717) is 0 Å². The van der Waals surface area contributed by atoms with E-state index in [-0.39, 0.29) is 5.54 Å². The Hall–Kier alpha value is -1.77. The summed E-state index contributed by atoms with van der Waals surface area (Å²) < 4.78 is 2.01. The number of nitrogens with two attached hydrogens (primary N) is 1. The molecule has 1 aromatic heterocycles. The van der Waals surface area contributed by atoms with Crippen molar-refractivity contribution in [3.8, 4) is 11.3 Å². The molecule has 0 unspecified atom stereocenters. The van der Waals surface area contributed by atoms with E-state index < -0.39 is 0 Å². The first kappa shape index (κ1) is 12.7. The molecular formula is C15H21N3. The zero-order valence-corrected chi connectivity index (χ0v) is 11.6. The molecule has 0 atom stereocenters. The number of benzene rings is 1.